The second kappa shape index (κ2) is 10.2. The van der Waals surface area contributed by atoms with E-state index in [0.29, 0.717) is 15.8 Å². The lowest BCUT2D eigenvalue weighted by atomic mass is 9.86. The van der Waals surface area contributed by atoms with Crippen molar-refractivity contribution >= 4 is 29.1 Å². The molecule has 0 aromatic heterocycles. The van der Waals surface area contributed by atoms with Crippen LogP contribution in [0.25, 0.3) is 0 Å². The van der Waals surface area contributed by atoms with E-state index < -0.39 is 5.60 Å². The first kappa shape index (κ1) is 23.2. The Morgan fingerprint density at radius 2 is 1.45 bits per heavy atom. The highest BCUT2D eigenvalue weighted by molar-refractivity contribution is 6.30. The van der Waals surface area contributed by atoms with Gasteiger partial charge in [0.15, 0.2) is 5.60 Å². The van der Waals surface area contributed by atoms with Crippen molar-refractivity contribution in [1.29, 1.82) is 0 Å². The van der Waals surface area contributed by atoms with Crippen molar-refractivity contribution in [2.75, 3.05) is 0 Å². The van der Waals surface area contributed by atoms with Crippen molar-refractivity contribution in [1.82, 2.24) is 5.32 Å². The van der Waals surface area contributed by atoms with E-state index >= 15 is 0 Å². The van der Waals surface area contributed by atoms with Crippen molar-refractivity contribution in [3.8, 4) is 5.75 Å². The van der Waals surface area contributed by atoms with Gasteiger partial charge >= 0.3 is 0 Å². The lowest BCUT2D eigenvalue weighted by molar-refractivity contribution is -0.135. The minimum Gasteiger partial charge on any atom is -0.478 e. The summed E-state index contributed by atoms with van der Waals surface area (Å²) in [5.74, 6) is 0.541. The van der Waals surface area contributed by atoms with Crippen LogP contribution in [-0.2, 0) is 11.2 Å². The number of carbonyl (C=O) groups is 1. The van der Waals surface area contributed by atoms with E-state index in [2.05, 4.69) is 5.32 Å². The van der Waals surface area contributed by atoms with Crippen LogP contribution in [-0.4, -0.2) is 17.6 Å². The normalized spacial score (nSPS) is 13.3. The Labute approximate surface area is 194 Å². The Kier molecular flexibility index (Phi) is 7.64. The quantitative estimate of drug-likeness (QED) is 0.411. The van der Waals surface area contributed by atoms with Crippen LogP contribution in [0.4, 0.5) is 0 Å². The SMILES string of the molecule is CC(NC(=O)C(C)(C)Oc1ccccc1)C(Cc1ccc(Cl)cc1)c1ccc(Cl)cc1. The Morgan fingerprint density at radius 1 is 0.903 bits per heavy atom. The highest BCUT2D eigenvalue weighted by Crippen LogP contribution is 2.27. The van der Waals surface area contributed by atoms with Gasteiger partial charge in [0.05, 0.1) is 0 Å². The number of halogens is 2. The second-order valence-electron chi connectivity index (χ2n) is 8.18. The molecule has 0 bridgehead atoms. The van der Waals surface area contributed by atoms with Gasteiger partial charge in [0.1, 0.15) is 5.75 Å². The van der Waals surface area contributed by atoms with E-state index in [1.807, 2.05) is 85.8 Å². The third-order valence-electron chi connectivity index (χ3n) is 5.29. The fourth-order valence-corrected chi connectivity index (χ4v) is 3.73. The monoisotopic (exact) mass is 455 g/mol. The topological polar surface area (TPSA) is 38.3 Å². The summed E-state index contributed by atoms with van der Waals surface area (Å²) in [7, 11) is 0. The molecule has 2 unspecified atom stereocenters. The molecule has 0 heterocycles. The van der Waals surface area contributed by atoms with Gasteiger partial charge in [0.25, 0.3) is 5.91 Å². The molecule has 0 aliphatic heterocycles. The molecule has 3 aromatic carbocycles. The van der Waals surface area contributed by atoms with E-state index in [0.717, 1.165) is 17.5 Å². The first-order chi connectivity index (χ1) is 14.7. The Balaban J connectivity index is 1.78. The van der Waals surface area contributed by atoms with Crippen molar-refractivity contribution in [2.45, 2.75) is 44.8 Å². The van der Waals surface area contributed by atoms with Crippen LogP contribution in [0.3, 0.4) is 0 Å². The van der Waals surface area contributed by atoms with E-state index in [1.54, 1.807) is 13.8 Å². The average Bonchev–Trinajstić information content (AvgIpc) is 2.74. The van der Waals surface area contributed by atoms with Crippen LogP contribution in [0.2, 0.25) is 10.0 Å². The Hall–Kier alpha value is -2.49. The molecule has 0 spiro atoms. The molecule has 5 heteroatoms. The van der Waals surface area contributed by atoms with Gasteiger partial charge in [-0.3, -0.25) is 4.79 Å². The summed E-state index contributed by atoms with van der Waals surface area (Å²) in [5, 5.41) is 4.55. The first-order valence-electron chi connectivity index (χ1n) is 10.3. The van der Waals surface area contributed by atoms with E-state index in [-0.39, 0.29) is 17.9 Å². The molecule has 162 valence electrons. The van der Waals surface area contributed by atoms with Crippen LogP contribution >= 0.6 is 23.2 Å². The minimum atomic E-state index is -1.01. The maximum atomic E-state index is 13.1. The maximum absolute atomic E-state index is 13.1. The molecule has 1 amide bonds. The van der Waals surface area contributed by atoms with Gasteiger partial charge < -0.3 is 10.1 Å². The molecule has 0 aliphatic carbocycles. The largest absolute Gasteiger partial charge is 0.478 e. The molecule has 1 N–H and O–H groups in total. The number of nitrogens with one attached hydrogen (secondary N) is 1. The van der Waals surface area contributed by atoms with E-state index in [9.17, 15) is 4.79 Å². The fourth-order valence-electron chi connectivity index (χ4n) is 3.48. The van der Waals surface area contributed by atoms with Gasteiger partial charge in [-0.25, -0.2) is 0 Å². The van der Waals surface area contributed by atoms with Gasteiger partial charge in [-0.1, -0.05) is 65.7 Å². The lowest BCUT2D eigenvalue weighted by Gasteiger charge is -2.31. The standard InChI is InChI=1S/C26H27Cl2NO2/c1-18(29-25(30)26(2,3)31-23-7-5-4-6-8-23)24(20-11-15-22(28)16-12-20)17-19-9-13-21(27)14-10-19/h4-16,18,24H,17H2,1-3H3,(H,29,30). The number of hydrogen-bond donors (Lipinski definition) is 1. The zero-order valence-electron chi connectivity index (χ0n) is 17.9. The fraction of sp³-hybridized carbons (Fsp3) is 0.269. The first-order valence-corrected chi connectivity index (χ1v) is 11.0. The van der Waals surface area contributed by atoms with E-state index in [4.69, 9.17) is 27.9 Å². The third kappa shape index (κ3) is 6.49. The van der Waals surface area contributed by atoms with Crippen LogP contribution in [0.15, 0.2) is 78.9 Å². The summed E-state index contributed by atoms with van der Waals surface area (Å²) in [4.78, 5) is 13.1. The van der Waals surface area contributed by atoms with Gasteiger partial charge in [-0.15, -0.1) is 0 Å². The Bertz CT molecular complexity index is 986. The molecule has 0 aliphatic rings. The molecule has 2 atom stereocenters. The molecule has 0 saturated carbocycles. The van der Waals surface area contributed by atoms with Crippen molar-refractivity contribution < 1.29 is 9.53 Å². The predicted molar refractivity (Wildman–Crippen MR) is 128 cm³/mol. The number of amides is 1. The van der Waals surface area contributed by atoms with Crippen molar-refractivity contribution in [3.63, 3.8) is 0 Å². The van der Waals surface area contributed by atoms with Gasteiger partial charge in [-0.05, 0) is 74.7 Å². The molecular weight excluding hydrogens is 429 g/mol. The van der Waals surface area contributed by atoms with Crippen LogP contribution in [0.1, 0.15) is 37.8 Å². The highest BCUT2D eigenvalue weighted by atomic mass is 35.5. The molecule has 0 radical (unpaired) electrons. The molecule has 31 heavy (non-hydrogen) atoms. The van der Waals surface area contributed by atoms with Gasteiger partial charge in [-0.2, -0.15) is 0 Å². The van der Waals surface area contributed by atoms with Gasteiger partial charge in [0.2, 0.25) is 0 Å². The Morgan fingerprint density at radius 3 is 2.03 bits per heavy atom. The number of benzene rings is 3. The second-order valence-corrected chi connectivity index (χ2v) is 9.05. The maximum Gasteiger partial charge on any atom is 0.263 e. The number of ether oxygens (including phenoxy) is 1. The molecule has 0 saturated heterocycles. The summed E-state index contributed by atoms with van der Waals surface area (Å²) in [5.41, 5.74) is 1.24. The average molecular weight is 456 g/mol. The van der Waals surface area contributed by atoms with Crippen molar-refractivity contribution in [3.05, 3.63) is 100 Å². The molecular formula is C26H27Cl2NO2. The summed E-state index contributed by atoms with van der Waals surface area (Å²) < 4.78 is 5.95. The zero-order valence-corrected chi connectivity index (χ0v) is 19.5. The molecule has 0 fully saturated rings. The van der Waals surface area contributed by atoms with Crippen LogP contribution < -0.4 is 10.1 Å². The third-order valence-corrected chi connectivity index (χ3v) is 5.80. The summed E-state index contributed by atoms with van der Waals surface area (Å²) in [6, 6.07) is 24.8. The molecule has 3 nitrogen and oxygen atoms in total. The molecule has 3 aromatic rings. The predicted octanol–water partition coefficient (Wildman–Crippen LogP) is 6.68. The summed E-state index contributed by atoms with van der Waals surface area (Å²) >= 11 is 12.1. The number of carbonyl (C=O) groups excluding carboxylic acids is 1. The zero-order chi connectivity index (χ0) is 22.4. The number of hydrogen-bond acceptors (Lipinski definition) is 2. The minimum absolute atomic E-state index is 0.0508. The van der Waals surface area contributed by atoms with Crippen molar-refractivity contribution in [2.24, 2.45) is 0 Å². The highest BCUT2D eigenvalue weighted by Gasteiger charge is 2.32. The molecule has 3 rings (SSSR count). The smallest absolute Gasteiger partial charge is 0.263 e. The van der Waals surface area contributed by atoms with Crippen LogP contribution in [0, 0.1) is 0 Å². The summed E-state index contributed by atoms with van der Waals surface area (Å²) in [6.45, 7) is 5.57. The summed E-state index contributed by atoms with van der Waals surface area (Å²) in [6.07, 6.45) is 0.750. The number of para-hydroxylation sites is 1. The number of rotatable bonds is 8. The van der Waals surface area contributed by atoms with E-state index in [1.165, 1.54) is 0 Å². The lowest BCUT2D eigenvalue weighted by Crippen LogP contribution is -2.51. The van der Waals surface area contributed by atoms with Crippen LogP contribution in [0.5, 0.6) is 5.75 Å². The van der Waals surface area contributed by atoms with Gasteiger partial charge in [0, 0.05) is 22.0 Å².